The van der Waals surface area contributed by atoms with Crippen molar-refractivity contribution in [3.63, 3.8) is 0 Å². The van der Waals surface area contributed by atoms with Crippen LogP contribution in [0.25, 0.3) is 0 Å². The first-order valence-corrected chi connectivity index (χ1v) is 6.42. The van der Waals surface area contributed by atoms with Crippen LogP contribution in [0.15, 0.2) is 18.2 Å². The van der Waals surface area contributed by atoms with E-state index in [1.165, 1.54) is 0 Å². The third-order valence-corrected chi connectivity index (χ3v) is 2.41. The summed E-state index contributed by atoms with van der Waals surface area (Å²) in [5, 5.41) is 3.34. The van der Waals surface area contributed by atoms with Gasteiger partial charge in [0.15, 0.2) is 0 Å². The van der Waals surface area contributed by atoms with E-state index in [0.29, 0.717) is 5.69 Å². The first-order valence-electron chi connectivity index (χ1n) is 6.42. The van der Waals surface area contributed by atoms with Crippen LogP contribution in [0.1, 0.15) is 26.7 Å². The number of anilines is 2. The molecular formula is C14H24N2O2. The maximum absolute atomic E-state index is 5.85. The van der Waals surface area contributed by atoms with E-state index in [1.54, 1.807) is 7.11 Å². The lowest BCUT2D eigenvalue weighted by Gasteiger charge is -2.13. The Balaban J connectivity index is 2.46. The number of hydrogen-bond donors (Lipinski definition) is 2. The molecule has 102 valence electrons. The molecule has 0 aromatic heterocycles. The SMILES string of the molecule is COCCCCNc1cc(N)cc(OC(C)C)c1. The molecule has 0 fully saturated rings. The number of ether oxygens (including phenoxy) is 2. The molecule has 0 aliphatic carbocycles. The van der Waals surface area contributed by atoms with E-state index in [9.17, 15) is 0 Å². The molecule has 1 rings (SSSR count). The maximum atomic E-state index is 5.85. The number of nitrogens with two attached hydrogens (primary N) is 1. The van der Waals surface area contributed by atoms with Gasteiger partial charge in [0.1, 0.15) is 5.75 Å². The molecule has 0 aliphatic heterocycles. The first kappa shape index (κ1) is 14.6. The van der Waals surface area contributed by atoms with Crippen LogP contribution in [0.4, 0.5) is 11.4 Å². The Morgan fingerprint density at radius 2 is 2.00 bits per heavy atom. The van der Waals surface area contributed by atoms with Crippen LogP contribution < -0.4 is 15.8 Å². The van der Waals surface area contributed by atoms with Crippen LogP contribution in [0.5, 0.6) is 5.75 Å². The average molecular weight is 252 g/mol. The highest BCUT2D eigenvalue weighted by Gasteiger charge is 2.02. The Kier molecular flexibility index (Phi) is 6.36. The highest BCUT2D eigenvalue weighted by molar-refractivity contribution is 5.59. The molecule has 3 N–H and O–H groups in total. The van der Waals surface area contributed by atoms with Gasteiger partial charge in [0.25, 0.3) is 0 Å². The molecule has 0 unspecified atom stereocenters. The Morgan fingerprint density at radius 1 is 1.22 bits per heavy atom. The first-order chi connectivity index (χ1) is 8.61. The molecule has 4 heteroatoms. The van der Waals surface area contributed by atoms with Crippen LogP contribution in [0.3, 0.4) is 0 Å². The van der Waals surface area contributed by atoms with Crippen molar-refractivity contribution in [1.29, 1.82) is 0 Å². The molecular weight excluding hydrogens is 228 g/mol. The summed E-state index contributed by atoms with van der Waals surface area (Å²) < 4.78 is 10.6. The smallest absolute Gasteiger partial charge is 0.123 e. The fourth-order valence-corrected chi connectivity index (χ4v) is 1.67. The highest BCUT2D eigenvalue weighted by Crippen LogP contribution is 2.23. The van der Waals surface area contributed by atoms with Crippen LogP contribution in [0, 0.1) is 0 Å². The molecule has 4 nitrogen and oxygen atoms in total. The molecule has 0 radical (unpaired) electrons. The van der Waals surface area contributed by atoms with Crippen LogP contribution >= 0.6 is 0 Å². The molecule has 0 bridgehead atoms. The van der Waals surface area contributed by atoms with E-state index >= 15 is 0 Å². The molecule has 18 heavy (non-hydrogen) atoms. The number of benzene rings is 1. The van der Waals surface area contributed by atoms with Gasteiger partial charge < -0.3 is 20.5 Å². The van der Waals surface area contributed by atoms with E-state index in [2.05, 4.69) is 5.32 Å². The monoisotopic (exact) mass is 252 g/mol. The summed E-state index contributed by atoms with van der Waals surface area (Å²) in [6, 6.07) is 5.74. The van der Waals surface area contributed by atoms with E-state index in [4.69, 9.17) is 15.2 Å². The summed E-state index contributed by atoms with van der Waals surface area (Å²) in [6.45, 7) is 5.72. The second kappa shape index (κ2) is 7.82. The number of nitrogen functional groups attached to an aromatic ring is 1. The molecule has 0 saturated carbocycles. The predicted molar refractivity (Wildman–Crippen MR) is 76.2 cm³/mol. The van der Waals surface area contributed by atoms with Gasteiger partial charge in [-0.1, -0.05) is 0 Å². The lowest BCUT2D eigenvalue weighted by atomic mass is 10.2. The summed E-state index contributed by atoms with van der Waals surface area (Å²) in [5.41, 5.74) is 7.57. The Labute approximate surface area is 109 Å². The molecule has 0 atom stereocenters. The van der Waals surface area contributed by atoms with Gasteiger partial charge in [-0.15, -0.1) is 0 Å². The summed E-state index contributed by atoms with van der Waals surface area (Å²) in [5.74, 6) is 0.810. The van der Waals surface area contributed by atoms with Crippen molar-refractivity contribution in [2.24, 2.45) is 0 Å². The van der Waals surface area contributed by atoms with Gasteiger partial charge in [0, 0.05) is 43.8 Å². The largest absolute Gasteiger partial charge is 0.491 e. The zero-order valence-corrected chi connectivity index (χ0v) is 11.5. The minimum absolute atomic E-state index is 0.154. The van der Waals surface area contributed by atoms with Crippen LogP contribution in [-0.2, 0) is 4.74 Å². The number of rotatable bonds is 8. The highest BCUT2D eigenvalue weighted by atomic mass is 16.5. The second-order valence-corrected chi connectivity index (χ2v) is 4.58. The number of nitrogens with one attached hydrogen (secondary N) is 1. The molecule has 1 aromatic carbocycles. The second-order valence-electron chi connectivity index (χ2n) is 4.58. The summed E-state index contributed by atoms with van der Waals surface area (Å²) >= 11 is 0. The maximum Gasteiger partial charge on any atom is 0.123 e. The van der Waals surface area contributed by atoms with Crippen LogP contribution in [-0.4, -0.2) is 26.4 Å². The zero-order chi connectivity index (χ0) is 13.4. The van der Waals surface area contributed by atoms with Crippen molar-refractivity contribution < 1.29 is 9.47 Å². The Bertz CT molecular complexity index is 354. The van der Waals surface area contributed by atoms with Crippen molar-refractivity contribution in [3.8, 4) is 5.75 Å². The van der Waals surface area contributed by atoms with Gasteiger partial charge in [-0.05, 0) is 32.8 Å². The van der Waals surface area contributed by atoms with E-state index < -0.39 is 0 Å². The normalized spacial score (nSPS) is 10.7. The lowest BCUT2D eigenvalue weighted by molar-refractivity contribution is 0.194. The van der Waals surface area contributed by atoms with Gasteiger partial charge in [-0.25, -0.2) is 0 Å². The predicted octanol–water partition coefficient (Wildman–Crippen LogP) is 2.89. The minimum Gasteiger partial charge on any atom is -0.491 e. The fraction of sp³-hybridized carbons (Fsp3) is 0.571. The average Bonchev–Trinajstić information content (AvgIpc) is 2.27. The molecule has 0 amide bonds. The number of unbranched alkanes of at least 4 members (excludes halogenated alkanes) is 1. The summed E-state index contributed by atoms with van der Waals surface area (Å²) in [6.07, 6.45) is 2.28. The Morgan fingerprint density at radius 3 is 2.67 bits per heavy atom. The third kappa shape index (κ3) is 5.77. The minimum atomic E-state index is 0.154. The third-order valence-electron chi connectivity index (χ3n) is 2.41. The van der Waals surface area contributed by atoms with Gasteiger partial charge in [-0.2, -0.15) is 0 Å². The van der Waals surface area contributed by atoms with Crippen molar-refractivity contribution >= 4 is 11.4 Å². The fourth-order valence-electron chi connectivity index (χ4n) is 1.67. The van der Waals surface area contributed by atoms with Crippen molar-refractivity contribution in [1.82, 2.24) is 0 Å². The quantitative estimate of drug-likeness (QED) is 0.552. The molecule has 1 aromatic rings. The van der Waals surface area contributed by atoms with Crippen molar-refractivity contribution in [2.45, 2.75) is 32.8 Å². The summed E-state index contributed by atoms with van der Waals surface area (Å²) in [7, 11) is 1.72. The van der Waals surface area contributed by atoms with Crippen molar-refractivity contribution in [2.75, 3.05) is 31.3 Å². The molecule has 0 spiro atoms. The number of hydrogen-bond acceptors (Lipinski definition) is 4. The summed E-state index contributed by atoms with van der Waals surface area (Å²) in [4.78, 5) is 0. The Hall–Kier alpha value is -1.42. The van der Waals surface area contributed by atoms with Gasteiger partial charge in [0.2, 0.25) is 0 Å². The molecule has 0 heterocycles. The van der Waals surface area contributed by atoms with E-state index in [0.717, 1.165) is 37.4 Å². The lowest BCUT2D eigenvalue weighted by Crippen LogP contribution is -2.07. The standard InChI is InChI=1S/C14H24N2O2/c1-11(2)18-14-9-12(15)8-13(10-14)16-6-4-5-7-17-3/h8-11,16H,4-7,15H2,1-3H3. The van der Waals surface area contributed by atoms with Gasteiger partial charge in [0.05, 0.1) is 6.10 Å². The van der Waals surface area contributed by atoms with E-state index in [1.807, 2.05) is 32.0 Å². The zero-order valence-electron chi connectivity index (χ0n) is 11.5. The topological polar surface area (TPSA) is 56.5 Å². The van der Waals surface area contributed by atoms with Crippen LogP contribution in [0.2, 0.25) is 0 Å². The molecule has 0 aliphatic rings. The van der Waals surface area contributed by atoms with Gasteiger partial charge >= 0.3 is 0 Å². The van der Waals surface area contributed by atoms with Crippen molar-refractivity contribution in [3.05, 3.63) is 18.2 Å². The van der Waals surface area contributed by atoms with Gasteiger partial charge in [-0.3, -0.25) is 0 Å². The van der Waals surface area contributed by atoms with E-state index in [-0.39, 0.29) is 6.10 Å². The number of methoxy groups -OCH3 is 1. The molecule has 0 saturated heterocycles.